The summed E-state index contributed by atoms with van der Waals surface area (Å²) < 4.78 is 22.5. The van der Waals surface area contributed by atoms with Gasteiger partial charge in [0.1, 0.15) is 0 Å². The number of rotatable bonds is 4. The van der Waals surface area contributed by atoms with Gasteiger partial charge in [0.15, 0.2) is 0 Å². The van der Waals surface area contributed by atoms with Crippen LogP contribution in [-0.4, -0.2) is 20.4 Å². The molecule has 0 spiro atoms. The third-order valence-corrected chi connectivity index (χ3v) is 3.88. The van der Waals surface area contributed by atoms with Gasteiger partial charge < -0.3 is 5.32 Å². The van der Waals surface area contributed by atoms with Crippen LogP contribution in [0.5, 0.6) is 0 Å². The van der Waals surface area contributed by atoms with E-state index in [2.05, 4.69) is 11.2 Å². The predicted molar refractivity (Wildman–Crippen MR) is 74.9 cm³/mol. The maximum Gasteiger partial charge on any atom is 0.261 e. The van der Waals surface area contributed by atoms with E-state index < -0.39 is 21.0 Å². The highest BCUT2D eigenvalue weighted by atomic mass is 35.7. The first kappa shape index (κ1) is 15.8. The summed E-state index contributed by atoms with van der Waals surface area (Å²) in [5.41, 5.74) is 0.0837. The van der Waals surface area contributed by atoms with Crippen LogP contribution in [-0.2, 0) is 9.05 Å². The Bertz CT molecular complexity index is 635. The van der Waals surface area contributed by atoms with Crippen molar-refractivity contribution in [3.05, 3.63) is 28.8 Å². The van der Waals surface area contributed by atoms with E-state index in [1.807, 2.05) is 6.92 Å². The summed E-state index contributed by atoms with van der Waals surface area (Å²) in [6.45, 7) is 1.82. The minimum absolute atomic E-state index is 0.0837. The fourth-order valence-electron chi connectivity index (χ4n) is 1.34. The lowest BCUT2D eigenvalue weighted by atomic mass is 10.2. The third kappa shape index (κ3) is 4.43. The summed E-state index contributed by atoms with van der Waals surface area (Å²) in [7, 11) is 1.26. The number of carbonyl (C=O) groups excluding carboxylic acids is 1. The van der Waals surface area contributed by atoms with Gasteiger partial charge in [-0.05, 0) is 24.6 Å². The number of amides is 1. The smallest absolute Gasteiger partial charge is 0.261 e. The zero-order valence-corrected chi connectivity index (χ0v) is 12.3. The fourth-order valence-corrected chi connectivity index (χ4v) is 2.44. The molecule has 1 N–H and O–H groups in total. The topological polar surface area (TPSA) is 63.2 Å². The van der Waals surface area contributed by atoms with Crippen molar-refractivity contribution in [2.45, 2.75) is 24.3 Å². The minimum Gasteiger partial charge on any atom is -0.338 e. The third-order valence-electron chi connectivity index (χ3n) is 2.33. The van der Waals surface area contributed by atoms with Crippen LogP contribution >= 0.6 is 22.3 Å². The molecule has 0 saturated heterocycles. The molecule has 0 saturated carbocycles. The molecule has 0 aromatic heterocycles. The predicted octanol–water partition coefficient (Wildman–Crippen LogP) is 2.41. The zero-order valence-electron chi connectivity index (χ0n) is 9.98. The molecule has 0 aliphatic rings. The molecule has 102 valence electrons. The van der Waals surface area contributed by atoms with Crippen molar-refractivity contribution >= 4 is 37.2 Å². The lowest BCUT2D eigenvalue weighted by Gasteiger charge is -2.11. The number of hydrogen-bond acceptors (Lipinski definition) is 3. The summed E-state index contributed by atoms with van der Waals surface area (Å²) in [4.78, 5) is 11.7. The first-order valence-electron chi connectivity index (χ1n) is 5.30. The van der Waals surface area contributed by atoms with Gasteiger partial charge in [-0.1, -0.05) is 24.4 Å². The molecule has 1 aromatic rings. The molecule has 7 heteroatoms. The minimum atomic E-state index is -3.95. The van der Waals surface area contributed by atoms with Gasteiger partial charge in [0.2, 0.25) is 0 Å². The number of nitrogens with one attached hydrogen (secondary N) is 1. The normalized spacial score (nSPS) is 12.5. The van der Waals surface area contributed by atoms with E-state index in [0.29, 0.717) is 6.42 Å². The van der Waals surface area contributed by atoms with Crippen molar-refractivity contribution < 1.29 is 13.2 Å². The van der Waals surface area contributed by atoms with Crippen LogP contribution < -0.4 is 5.32 Å². The van der Waals surface area contributed by atoms with Crippen molar-refractivity contribution in [3.8, 4) is 12.3 Å². The molecule has 0 aliphatic carbocycles. The number of benzene rings is 1. The van der Waals surface area contributed by atoms with Gasteiger partial charge in [0.25, 0.3) is 15.0 Å². The van der Waals surface area contributed by atoms with E-state index in [4.69, 9.17) is 28.7 Å². The molecule has 1 aromatic carbocycles. The number of hydrogen-bond donors (Lipinski definition) is 1. The highest BCUT2D eigenvalue weighted by Crippen LogP contribution is 2.22. The number of terminal acetylenes is 1. The van der Waals surface area contributed by atoms with Gasteiger partial charge in [0, 0.05) is 21.3 Å². The summed E-state index contributed by atoms with van der Waals surface area (Å²) in [6.07, 6.45) is 5.79. The Morgan fingerprint density at radius 2 is 2.11 bits per heavy atom. The summed E-state index contributed by atoms with van der Waals surface area (Å²) in [5.74, 6) is 1.90. The molecular weight excluding hydrogens is 309 g/mol. The highest BCUT2D eigenvalue weighted by Gasteiger charge is 2.16. The molecule has 0 radical (unpaired) electrons. The maximum absolute atomic E-state index is 11.9. The first-order valence-corrected chi connectivity index (χ1v) is 7.99. The second-order valence-corrected chi connectivity index (χ2v) is 6.72. The molecule has 1 atom stereocenters. The SMILES string of the molecule is C#CC(CC)NC(=O)c1cc(Cl)cc(S(=O)(=O)Cl)c1. The Kier molecular flexibility index (Phi) is 5.24. The second kappa shape index (κ2) is 6.29. The van der Waals surface area contributed by atoms with Gasteiger partial charge in [-0.3, -0.25) is 4.79 Å². The second-order valence-electron chi connectivity index (χ2n) is 3.71. The molecule has 0 bridgehead atoms. The Morgan fingerprint density at radius 3 is 2.58 bits per heavy atom. The summed E-state index contributed by atoms with van der Waals surface area (Å²) in [5, 5.41) is 2.66. The van der Waals surface area contributed by atoms with Crippen LogP contribution in [0.25, 0.3) is 0 Å². The lowest BCUT2D eigenvalue weighted by molar-refractivity contribution is 0.0945. The lowest BCUT2D eigenvalue weighted by Crippen LogP contribution is -2.33. The van der Waals surface area contributed by atoms with Gasteiger partial charge in [-0.25, -0.2) is 8.42 Å². The molecule has 0 heterocycles. The highest BCUT2D eigenvalue weighted by molar-refractivity contribution is 8.13. The van der Waals surface area contributed by atoms with Gasteiger partial charge in [-0.2, -0.15) is 0 Å². The average Bonchev–Trinajstić information content (AvgIpc) is 2.33. The van der Waals surface area contributed by atoms with Crippen LogP contribution in [0.15, 0.2) is 23.1 Å². The van der Waals surface area contributed by atoms with Crippen LogP contribution in [0.1, 0.15) is 23.7 Å². The Hall–Kier alpha value is -1.22. The monoisotopic (exact) mass is 319 g/mol. The standard InChI is InChI=1S/C12H11Cl2NO3S/c1-3-10(4-2)15-12(16)8-5-9(13)7-11(6-8)19(14,17)18/h1,5-7,10H,4H2,2H3,(H,15,16). The van der Waals surface area contributed by atoms with Crippen molar-refractivity contribution in [1.29, 1.82) is 0 Å². The van der Waals surface area contributed by atoms with Gasteiger partial charge >= 0.3 is 0 Å². The quantitative estimate of drug-likeness (QED) is 0.684. The van der Waals surface area contributed by atoms with Crippen LogP contribution in [0, 0.1) is 12.3 Å². The molecule has 0 aliphatic heterocycles. The van der Waals surface area contributed by atoms with E-state index in [1.54, 1.807) is 0 Å². The van der Waals surface area contributed by atoms with Crippen LogP contribution in [0.2, 0.25) is 5.02 Å². The zero-order chi connectivity index (χ0) is 14.6. The molecule has 0 fully saturated rings. The van der Waals surface area contributed by atoms with E-state index >= 15 is 0 Å². The van der Waals surface area contributed by atoms with Gasteiger partial charge in [0.05, 0.1) is 10.9 Å². The van der Waals surface area contributed by atoms with E-state index in [0.717, 1.165) is 6.07 Å². The molecular formula is C12H11Cl2NO3S. The van der Waals surface area contributed by atoms with Crippen LogP contribution in [0.3, 0.4) is 0 Å². The largest absolute Gasteiger partial charge is 0.338 e. The molecule has 1 rings (SSSR count). The molecule has 19 heavy (non-hydrogen) atoms. The maximum atomic E-state index is 11.9. The van der Waals surface area contributed by atoms with Crippen molar-refractivity contribution in [2.75, 3.05) is 0 Å². The Morgan fingerprint density at radius 1 is 1.47 bits per heavy atom. The summed E-state index contributed by atoms with van der Waals surface area (Å²) in [6, 6.07) is 3.22. The number of carbonyl (C=O) groups is 1. The fraction of sp³-hybridized carbons (Fsp3) is 0.250. The Labute approximate surface area is 121 Å². The molecule has 1 unspecified atom stereocenters. The van der Waals surface area contributed by atoms with E-state index in [-0.39, 0.29) is 15.5 Å². The van der Waals surface area contributed by atoms with E-state index in [9.17, 15) is 13.2 Å². The van der Waals surface area contributed by atoms with Crippen molar-refractivity contribution in [1.82, 2.24) is 5.32 Å². The van der Waals surface area contributed by atoms with E-state index in [1.165, 1.54) is 12.1 Å². The Balaban J connectivity index is 3.12. The summed E-state index contributed by atoms with van der Waals surface area (Å²) >= 11 is 5.76. The molecule has 1 amide bonds. The molecule has 4 nitrogen and oxygen atoms in total. The number of halogens is 2. The van der Waals surface area contributed by atoms with Crippen molar-refractivity contribution in [3.63, 3.8) is 0 Å². The first-order chi connectivity index (χ1) is 8.77. The van der Waals surface area contributed by atoms with Gasteiger partial charge in [-0.15, -0.1) is 6.42 Å². The van der Waals surface area contributed by atoms with Crippen LogP contribution in [0.4, 0.5) is 0 Å². The van der Waals surface area contributed by atoms with Crippen molar-refractivity contribution in [2.24, 2.45) is 0 Å². The average molecular weight is 320 g/mol.